The molecular weight excluding hydrogens is 408 g/mol. The molecule has 4 aliphatic heterocycles. The highest BCUT2D eigenvalue weighted by Gasteiger charge is 2.45. The first-order valence-electron chi connectivity index (χ1n) is 11.5. The SMILES string of the molecule is CC(C)CN1C(N2CCNCC2)=NC2C(N3CCOCC3)=NC(c3cnc(N)nc3)=NC21. The molecule has 0 aliphatic carbocycles. The molecule has 4 aliphatic rings. The van der Waals surface area contributed by atoms with Crippen molar-refractivity contribution in [2.24, 2.45) is 20.9 Å². The second kappa shape index (κ2) is 8.99. The van der Waals surface area contributed by atoms with Gasteiger partial charge in [0.05, 0.1) is 18.8 Å². The highest BCUT2D eigenvalue weighted by molar-refractivity contribution is 6.10. The minimum absolute atomic E-state index is 0.129. The molecule has 0 saturated carbocycles. The third-order valence-electron chi connectivity index (χ3n) is 6.08. The van der Waals surface area contributed by atoms with E-state index in [9.17, 15) is 0 Å². The number of hydrogen-bond donors (Lipinski definition) is 2. The number of aliphatic imine (C=N–C) groups is 3. The summed E-state index contributed by atoms with van der Waals surface area (Å²) in [4.78, 5) is 30.7. The number of morpholine rings is 1. The molecule has 0 bridgehead atoms. The Morgan fingerprint density at radius 3 is 2.47 bits per heavy atom. The topological polar surface area (TPSA) is 120 Å². The molecule has 0 spiro atoms. The number of piperazine rings is 1. The Morgan fingerprint density at radius 1 is 1.06 bits per heavy atom. The van der Waals surface area contributed by atoms with Crippen LogP contribution in [0.4, 0.5) is 5.95 Å². The Hall–Kier alpha value is -2.79. The van der Waals surface area contributed by atoms with Crippen LogP contribution in [-0.4, -0.2) is 114 Å². The van der Waals surface area contributed by atoms with Crippen molar-refractivity contribution in [3.63, 3.8) is 0 Å². The summed E-state index contributed by atoms with van der Waals surface area (Å²) in [5, 5.41) is 3.44. The molecule has 0 amide bonds. The van der Waals surface area contributed by atoms with E-state index >= 15 is 0 Å². The van der Waals surface area contributed by atoms with Crippen molar-refractivity contribution in [1.82, 2.24) is 30.0 Å². The number of fused-ring (bicyclic) bond motifs is 1. The van der Waals surface area contributed by atoms with Crippen molar-refractivity contribution in [3.8, 4) is 0 Å². The highest BCUT2D eigenvalue weighted by Crippen LogP contribution is 2.29. The molecule has 1 aromatic heterocycles. The number of nitrogens with one attached hydrogen (secondary N) is 1. The summed E-state index contributed by atoms with van der Waals surface area (Å²) in [5.74, 6) is 3.35. The quantitative estimate of drug-likeness (QED) is 0.644. The molecule has 11 heteroatoms. The van der Waals surface area contributed by atoms with E-state index in [1.165, 1.54) is 0 Å². The maximum absolute atomic E-state index is 5.71. The average molecular weight is 441 g/mol. The number of nitrogen functional groups attached to an aromatic ring is 1. The van der Waals surface area contributed by atoms with Crippen molar-refractivity contribution in [3.05, 3.63) is 18.0 Å². The lowest BCUT2D eigenvalue weighted by Crippen LogP contribution is -2.55. The third kappa shape index (κ3) is 4.14. The molecule has 5 heterocycles. The number of ether oxygens (including phenoxy) is 1. The number of nitrogens with two attached hydrogens (primary N) is 1. The fourth-order valence-electron chi connectivity index (χ4n) is 4.57. The van der Waals surface area contributed by atoms with Crippen LogP contribution < -0.4 is 11.1 Å². The van der Waals surface area contributed by atoms with Gasteiger partial charge in [-0.1, -0.05) is 13.8 Å². The van der Waals surface area contributed by atoms with Crippen LogP contribution in [0.25, 0.3) is 0 Å². The standard InChI is InChI=1S/C21H32N10O/c1-14(2)13-31-19-16(26-21(31)30-5-3-23-4-6-30)18(29-7-9-32-10-8-29)27-17(28-19)15-11-24-20(22)25-12-15/h11-12,14,16,19,23H,3-10,13H2,1-2H3,(H2,22,24,25). The minimum atomic E-state index is -0.134. The van der Waals surface area contributed by atoms with Crippen LogP contribution in [0.1, 0.15) is 19.4 Å². The van der Waals surface area contributed by atoms with Crippen molar-refractivity contribution < 1.29 is 4.74 Å². The van der Waals surface area contributed by atoms with Crippen LogP contribution in [0, 0.1) is 5.92 Å². The predicted octanol–water partition coefficient (Wildman–Crippen LogP) is -0.523. The fourth-order valence-corrected chi connectivity index (χ4v) is 4.57. The molecule has 172 valence electrons. The van der Waals surface area contributed by atoms with Crippen LogP contribution in [0.3, 0.4) is 0 Å². The normalized spacial score (nSPS) is 26.1. The van der Waals surface area contributed by atoms with E-state index < -0.39 is 0 Å². The van der Waals surface area contributed by atoms with Crippen molar-refractivity contribution >= 4 is 23.6 Å². The Labute approximate surface area is 188 Å². The maximum Gasteiger partial charge on any atom is 0.219 e. The molecule has 2 unspecified atom stereocenters. The summed E-state index contributed by atoms with van der Waals surface area (Å²) in [5.41, 5.74) is 6.47. The van der Waals surface area contributed by atoms with Gasteiger partial charge in [0, 0.05) is 58.2 Å². The van der Waals surface area contributed by atoms with Gasteiger partial charge in [-0.2, -0.15) is 0 Å². The summed E-state index contributed by atoms with van der Waals surface area (Å²) < 4.78 is 5.59. The van der Waals surface area contributed by atoms with Crippen LogP contribution in [0.15, 0.2) is 27.4 Å². The van der Waals surface area contributed by atoms with Gasteiger partial charge in [-0.15, -0.1) is 0 Å². The zero-order chi connectivity index (χ0) is 22.1. The Morgan fingerprint density at radius 2 is 1.78 bits per heavy atom. The van der Waals surface area contributed by atoms with Crippen molar-refractivity contribution in [2.75, 3.05) is 64.8 Å². The van der Waals surface area contributed by atoms with Crippen LogP contribution in [0.5, 0.6) is 0 Å². The molecule has 0 radical (unpaired) electrons. The Balaban J connectivity index is 1.55. The predicted molar refractivity (Wildman–Crippen MR) is 124 cm³/mol. The maximum atomic E-state index is 5.71. The lowest BCUT2D eigenvalue weighted by molar-refractivity contribution is 0.0661. The molecular formula is C21H32N10O. The Bertz CT molecular complexity index is 900. The van der Waals surface area contributed by atoms with E-state index in [-0.39, 0.29) is 18.2 Å². The summed E-state index contributed by atoms with van der Waals surface area (Å²) in [6.45, 7) is 12.2. The molecule has 32 heavy (non-hydrogen) atoms. The molecule has 2 fully saturated rings. The van der Waals surface area contributed by atoms with Crippen LogP contribution in [-0.2, 0) is 4.74 Å². The first kappa shape index (κ1) is 21.1. The first-order valence-corrected chi connectivity index (χ1v) is 11.5. The highest BCUT2D eigenvalue weighted by atomic mass is 16.5. The van der Waals surface area contributed by atoms with Crippen molar-refractivity contribution in [1.29, 1.82) is 0 Å². The van der Waals surface area contributed by atoms with Gasteiger partial charge in [-0.3, -0.25) is 0 Å². The minimum Gasteiger partial charge on any atom is -0.378 e. The fraction of sp³-hybridized carbons (Fsp3) is 0.667. The van der Waals surface area contributed by atoms with E-state index in [1.54, 1.807) is 12.4 Å². The Kier molecular flexibility index (Phi) is 5.92. The van der Waals surface area contributed by atoms with E-state index in [0.29, 0.717) is 25.0 Å². The van der Waals surface area contributed by atoms with Gasteiger partial charge in [0.1, 0.15) is 5.84 Å². The van der Waals surface area contributed by atoms with E-state index in [0.717, 1.165) is 63.2 Å². The lowest BCUT2D eigenvalue weighted by Gasteiger charge is -2.38. The molecule has 5 rings (SSSR count). The van der Waals surface area contributed by atoms with E-state index in [1.807, 2.05) is 0 Å². The summed E-state index contributed by atoms with van der Waals surface area (Å²) in [7, 11) is 0. The summed E-state index contributed by atoms with van der Waals surface area (Å²) in [6.07, 6.45) is 3.26. The molecule has 11 nitrogen and oxygen atoms in total. The van der Waals surface area contributed by atoms with Gasteiger partial charge in [0.25, 0.3) is 0 Å². The molecule has 2 saturated heterocycles. The number of amidine groups is 2. The number of guanidine groups is 1. The second-order valence-corrected chi connectivity index (χ2v) is 8.92. The van der Waals surface area contributed by atoms with E-state index in [4.69, 9.17) is 25.4 Å². The largest absolute Gasteiger partial charge is 0.378 e. The number of aromatic nitrogens is 2. The van der Waals surface area contributed by atoms with Gasteiger partial charge in [0.2, 0.25) is 5.95 Å². The van der Waals surface area contributed by atoms with Gasteiger partial charge >= 0.3 is 0 Å². The second-order valence-electron chi connectivity index (χ2n) is 8.92. The zero-order valence-electron chi connectivity index (χ0n) is 18.8. The lowest BCUT2D eigenvalue weighted by atomic mass is 10.1. The zero-order valence-corrected chi connectivity index (χ0v) is 18.8. The smallest absolute Gasteiger partial charge is 0.219 e. The van der Waals surface area contributed by atoms with Gasteiger partial charge in [-0.25, -0.2) is 24.9 Å². The number of anilines is 1. The summed E-state index contributed by atoms with van der Waals surface area (Å²) >= 11 is 0. The first-order chi connectivity index (χ1) is 15.6. The monoisotopic (exact) mass is 440 g/mol. The average Bonchev–Trinajstić information content (AvgIpc) is 3.18. The number of nitrogens with zero attached hydrogens (tertiary/aromatic N) is 8. The molecule has 1 aromatic rings. The van der Waals surface area contributed by atoms with E-state index in [2.05, 4.69) is 43.8 Å². The number of hydrogen-bond acceptors (Lipinski definition) is 11. The third-order valence-corrected chi connectivity index (χ3v) is 6.08. The molecule has 0 aromatic carbocycles. The van der Waals surface area contributed by atoms with Gasteiger partial charge < -0.3 is 30.5 Å². The molecule has 2 atom stereocenters. The summed E-state index contributed by atoms with van der Waals surface area (Å²) in [6, 6.07) is -0.129. The molecule has 3 N–H and O–H groups in total. The van der Waals surface area contributed by atoms with Crippen molar-refractivity contribution in [2.45, 2.75) is 26.1 Å². The van der Waals surface area contributed by atoms with Gasteiger partial charge in [0.15, 0.2) is 24.0 Å². The van der Waals surface area contributed by atoms with Crippen LogP contribution in [0.2, 0.25) is 0 Å². The van der Waals surface area contributed by atoms with Crippen LogP contribution >= 0.6 is 0 Å². The van der Waals surface area contributed by atoms with Gasteiger partial charge in [-0.05, 0) is 5.92 Å². The number of rotatable bonds is 3.